The Morgan fingerprint density at radius 1 is 0.280 bits per heavy atom. The summed E-state index contributed by atoms with van der Waals surface area (Å²) in [6.45, 7) is 6.43. The van der Waals surface area contributed by atoms with E-state index in [-0.39, 0.29) is 37.5 Å². The van der Waals surface area contributed by atoms with Crippen molar-refractivity contribution in [3.63, 3.8) is 0 Å². The molecule has 75 heavy (non-hydrogen) atoms. The lowest BCUT2D eigenvalue weighted by molar-refractivity contribution is -0.167. The fourth-order valence-corrected chi connectivity index (χ4v) is 8.28. The van der Waals surface area contributed by atoms with Gasteiger partial charge in [0, 0.05) is 19.3 Å². The molecule has 426 valence electrons. The molecule has 0 aliphatic heterocycles. The molecule has 0 rings (SSSR count). The van der Waals surface area contributed by atoms with Crippen LogP contribution in [0.2, 0.25) is 0 Å². The third-order valence-electron chi connectivity index (χ3n) is 12.9. The Bertz CT molecular complexity index is 1570. The molecule has 0 spiro atoms. The average molecular weight is 1040 g/mol. The van der Waals surface area contributed by atoms with Gasteiger partial charge in [-0.15, -0.1) is 0 Å². The number of hydrogen-bond acceptors (Lipinski definition) is 6. The molecule has 0 aromatic rings. The Hall–Kier alpha value is -4.19. The fraction of sp³-hybridized carbons (Fsp3) is 0.667. The van der Waals surface area contributed by atoms with Crippen molar-refractivity contribution in [3.05, 3.63) is 122 Å². The Labute approximate surface area is 462 Å². The van der Waals surface area contributed by atoms with E-state index in [1.54, 1.807) is 0 Å². The Balaban J connectivity index is 4.51. The molecule has 0 saturated heterocycles. The van der Waals surface area contributed by atoms with E-state index in [0.717, 1.165) is 103 Å². The third kappa shape index (κ3) is 60.6. The van der Waals surface area contributed by atoms with Gasteiger partial charge in [0.05, 0.1) is 0 Å². The van der Waals surface area contributed by atoms with E-state index in [2.05, 4.69) is 142 Å². The van der Waals surface area contributed by atoms with E-state index in [1.807, 2.05) is 0 Å². The number of ether oxygens (including phenoxy) is 3. The lowest BCUT2D eigenvalue weighted by Gasteiger charge is -2.18. The van der Waals surface area contributed by atoms with Crippen LogP contribution in [0.4, 0.5) is 0 Å². The number of carbonyl (C=O) groups excluding carboxylic acids is 3. The molecule has 0 radical (unpaired) electrons. The van der Waals surface area contributed by atoms with Gasteiger partial charge in [0.15, 0.2) is 6.10 Å². The molecule has 0 amide bonds. The van der Waals surface area contributed by atoms with Crippen molar-refractivity contribution in [3.8, 4) is 0 Å². The van der Waals surface area contributed by atoms with Crippen LogP contribution in [0.5, 0.6) is 0 Å². The summed E-state index contributed by atoms with van der Waals surface area (Å²) < 4.78 is 16.8. The lowest BCUT2D eigenvalue weighted by Crippen LogP contribution is -2.30. The summed E-state index contributed by atoms with van der Waals surface area (Å²) in [7, 11) is 0. The van der Waals surface area contributed by atoms with Gasteiger partial charge < -0.3 is 14.2 Å². The number of esters is 3. The minimum atomic E-state index is -0.819. The van der Waals surface area contributed by atoms with Crippen LogP contribution in [0.1, 0.15) is 278 Å². The molecule has 0 fully saturated rings. The van der Waals surface area contributed by atoms with Crippen molar-refractivity contribution in [2.24, 2.45) is 0 Å². The van der Waals surface area contributed by atoms with E-state index < -0.39 is 6.10 Å². The van der Waals surface area contributed by atoms with Gasteiger partial charge in [-0.1, -0.05) is 251 Å². The van der Waals surface area contributed by atoms with Crippen molar-refractivity contribution < 1.29 is 28.6 Å². The predicted molar refractivity (Wildman–Crippen MR) is 325 cm³/mol. The van der Waals surface area contributed by atoms with E-state index in [9.17, 15) is 14.4 Å². The molecule has 0 aliphatic rings. The first kappa shape index (κ1) is 70.8. The summed E-state index contributed by atoms with van der Waals surface area (Å²) in [5.74, 6) is -1.000. The van der Waals surface area contributed by atoms with Gasteiger partial charge in [-0.2, -0.15) is 0 Å². The molecule has 1 atom stereocenters. The second-order valence-corrected chi connectivity index (χ2v) is 20.2. The molecule has 0 aliphatic carbocycles. The first-order valence-electron chi connectivity index (χ1n) is 31.0. The van der Waals surface area contributed by atoms with Crippen LogP contribution in [0.15, 0.2) is 122 Å². The van der Waals surface area contributed by atoms with Gasteiger partial charge in [-0.25, -0.2) is 0 Å². The molecule has 0 aromatic carbocycles. The molecular weight excluding hydrogens is 925 g/mol. The zero-order chi connectivity index (χ0) is 54.3. The highest BCUT2D eigenvalue weighted by Gasteiger charge is 2.19. The maximum atomic E-state index is 12.9. The number of hydrogen-bond donors (Lipinski definition) is 0. The summed E-state index contributed by atoms with van der Waals surface area (Å²) >= 11 is 0. The minimum absolute atomic E-state index is 0.115. The van der Waals surface area contributed by atoms with E-state index in [1.165, 1.54) is 128 Å². The van der Waals surface area contributed by atoms with Gasteiger partial charge in [0.1, 0.15) is 13.2 Å². The van der Waals surface area contributed by atoms with Crippen LogP contribution in [-0.4, -0.2) is 37.2 Å². The van der Waals surface area contributed by atoms with Gasteiger partial charge >= 0.3 is 17.9 Å². The highest BCUT2D eigenvalue weighted by molar-refractivity contribution is 5.71. The number of allylic oxidation sites excluding steroid dienone is 20. The van der Waals surface area contributed by atoms with Crippen molar-refractivity contribution in [1.82, 2.24) is 0 Å². The van der Waals surface area contributed by atoms with Crippen LogP contribution < -0.4 is 0 Å². The molecule has 0 heterocycles. The topological polar surface area (TPSA) is 78.9 Å². The number of rotatable bonds is 55. The number of carbonyl (C=O) groups is 3. The monoisotopic (exact) mass is 1040 g/mol. The van der Waals surface area contributed by atoms with Crippen LogP contribution in [-0.2, 0) is 28.6 Å². The van der Waals surface area contributed by atoms with Crippen molar-refractivity contribution in [2.75, 3.05) is 13.2 Å². The molecule has 6 nitrogen and oxygen atoms in total. The highest BCUT2D eigenvalue weighted by atomic mass is 16.6. The van der Waals surface area contributed by atoms with Crippen molar-refractivity contribution >= 4 is 17.9 Å². The van der Waals surface area contributed by atoms with Gasteiger partial charge in [0.25, 0.3) is 0 Å². The molecule has 0 unspecified atom stereocenters. The fourth-order valence-electron chi connectivity index (χ4n) is 8.28. The zero-order valence-electron chi connectivity index (χ0n) is 48.8. The SMILES string of the molecule is CC/C=C\C/C=C\C/C=C\C/C=C\C/C=C\CCCC(=O)OC[C@H](COC(=O)CCCCC/C=C\C/C=C\C/C=C\C/C=C\CCCCC)OC(=O)CCCCCCCCCCCCC/C=C\CCCCCCCC. The maximum Gasteiger partial charge on any atom is 0.306 e. The van der Waals surface area contributed by atoms with Crippen molar-refractivity contribution in [2.45, 2.75) is 284 Å². The van der Waals surface area contributed by atoms with Crippen LogP contribution in [0.3, 0.4) is 0 Å². The quantitative estimate of drug-likeness (QED) is 0.0261. The smallest absolute Gasteiger partial charge is 0.306 e. The van der Waals surface area contributed by atoms with Gasteiger partial charge in [-0.05, 0) is 128 Å². The van der Waals surface area contributed by atoms with Crippen LogP contribution >= 0.6 is 0 Å². The van der Waals surface area contributed by atoms with Gasteiger partial charge in [0.2, 0.25) is 0 Å². The van der Waals surface area contributed by atoms with Crippen LogP contribution in [0, 0.1) is 0 Å². The summed E-state index contributed by atoms with van der Waals surface area (Å²) in [5, 5.41) is 0. The molecular formula is C69H114O6. The van der Waals surface area contributed by atoms with Gasteiger partial charge in [-0.3, -0.25) is 14.4 Å². The summed E-state index contributed by atoms with van der Waals surface area (Å²) in [6, 6.07) is 0. The van der Waals surface area contributed by atoms with E-state index in [4.69, 9.17) is 14.2 Å². The minimum Gasteiger partial charge on any atom is -0.462 e. The number of unbranched alkanes of at least 4 members (excludes halogenated alkanes) is 24. The lowest BCUT2D eigenvalue weighted by atomic mass is 10.0. The largest absolute Gasteiger partial charge is 0.462 e. The predicted octanol–water partition coefficient (Wildman–Crippen LogP) is 21.2. The van der Waals surface area contributed by atoms with E-state index in [0.29, 0.717) is 19.3 Å². The first-order valence-corrected chi connectivity index (χ1v) is 31.0. The normalized spacial score (nSPS) is 12.9. The zero-order valence-corrected chi connectivity index (χ0v) is 48.8. The standard InChI is InChI=1S/C69H114O6/c1-4-7-10-13-16-19-22-25-28-31-33-34-36-39-42-45-48-51-54-57-60-63-69(72)75-66(64-73-67(70)61-58-55-52-49-46-43-40-37-30-27-24-21-18-15-12-9-6-3)65-74-68(71)62-59-56-53-50-47-44-41-38-35-32-29-26-23-20-17-14-11-8-5-2/h9,12,17-18,20-21,25-30,35,38,40,43-44,47,49,52,66H,4-8,10-11,13-16,19,22-24,31-34,36-37,39,41-42,45-46,48,50-51,53-65H2,1-3H3/b12-9-,20-17-,21-18-,28-25-,29-26-,30-27-,38-35-,43-40-,47-44-,52-49-/t66-/m1/s1. The molecule has 0 bridgehead atoms. The molecule has 0 saturated carbocycles. The Morgan fingerprint density at radius 2 is 0.533 bits per heavy atom. The molecule has 0 aromatic heterocycles. The maximum absolute atomic E-state index is 12.9. The molecule has 6 heteroatoms. The first-order chi connectivity index (χ1) is 37.0. The molecule has 0 N–H and O–H groups in total. The summed E-state index contributed by atoms with van der Waals surface area (Å²) in [6.07, 6.45) is 86.3. The van der Waals surface area contributed by atoms with E-state index >= 15 is 0 Å². The second-order valence-electron chi connectivity index (χ2n) is 20.2. The van der Waals surface area contributed by atoms with Crippen molar-refractivity contribution in [1.29, 1.82) is 0 Å². The summed E-state index contributed by atoms with van der Waals surface area (Å²) in [4.78, 5) is 38.3. The van der Waals surface area contributed by atoms with Crippen LogP contribution in [0.25, 0.3) is 0 Å². The average Bonchev–Trinajstić information content (AvgIpc) is 3.41. The third-order valence-corrected chi connectivity index (χ3v) is 12.9. The Morgan fingerprint density at radius 3 is 0.920 bits per heavy atom. The Kier molecular flexibility index (Phi) is 58.9. The summed E-state index contributed by atoms with van der Waals surface area (Å²) in [5.41, 5.74) is 0. The second kappa shape index (κ2) is 62.4. The highest BCUT2D eigenvalue weighted by Crippen LogP contribution is 2.15.